The average molecular weight is 241 g/mol. The Kier molecular flexibility index (Phi) is 4.70. The molecule has 0 aliphatic rings. The highest BCUT2D eigenvalue weighted by Crippen LogP contribution is 2.20. The van der Waals surface area contributed by atoms with Crippen LogP contribution in [0.2, 0.25) is 0 Å². The van der Waals surface area contributed by atoms with E-state index in [2.05, 4.69) is 0 Å². The fraction of sp³-hybridized carbons (Fsp3) is 0.143. The molecule has 2 N–H and O–H groups in total. The first-order valence-electron chi connectivity index (χ1n) is 5.40. The number of benzene rings is 1. The maximum absolute atomic E-state index is 11.3. The molecule has 0 bridgehead atoms. The number of rotatable bonds is 4. The quantitative estimate of drug-likeness (QED) is 0.493. The first-order chi connectivity index (χ1) is 8.56. The molecule has 0 spiro atoms. The minimum absolute atomic E-state index is 0.0423. The van der Waals surface area contributed by atoms with Crippen LogP contribution in [-0.2, 0) is 4.79 Å². The highest BCUT2D eigenvalue weighted by Gasteiger charge is 2.11. The molecule has 0 saturated carbocycles. The standard InChI is InChI=1S/C14H15N3O/c1-17(2)9-8-12(13(10-15)14(16)18)11-6-4-3-5-7-11/h3-9H,1-2H3,(H2,16,18). The van der Waals surface area contributed by atoms with Gasteiger partial charge in [-0.2, -0.15) is 5.26 Å². The third-order valence-corrected chi connectivity index (χ3v) is 2.25. The van der Waals surface area contributed by atoms with Crippen molar-refractivity contribution in [1.29, 1.82) is 5.26 Å². The van der Waals surface area contributed by atoms with E-state index in [4.69, 9.17) is 11.0 Å². The molecule has 0 radical (unpaired) electrons. The van der Waals surface area contributed by atoms with Crippen LogP contribution in [0.15, 0.2) is 48.2 Å². The summed E-state index contributed by atoms with van der Waals surface area (Å²) in [4.78, 5) is 13.1. The monoisotopic (exact) mass is 241 g/mol. The maximum Gasteiger partial charge on any atom is 0.259 e. The maximum atomic E-state index is 11.3. The van der Waals surface area contributed by atoms with Gasteiger partial charge in [-0.1, -0.05) is 30.3 Å². The lowest BCUT2D eigenvalue weighted by Gasteiger charge is -2.07. The van der Waals surface area contributed by atoms with E-state index >= 15 is 0 Å². The van der Waals surface area contributed by atoms with Crippen LogP contribution < -0.4 is 5.73 Å². The summed E-state index contributed by atoms with van der Waals surface area (Å²) in [7, 11) is 3.71. The van der Waals surface area contributed by atoms with Crippen molar-refractivity contribution in [3.05, 3.63) is 53.7 Å². The van der Waals surface area contributed by atoms with E-state index in [0.717, 1.165) is 5.56 Å². The number of nitrogens with two attached hydrogens (primary N) is 1. The van der Waals surface area contributed by atoms with Crippen LogP contribution in [0.25, 0.3) is 5.57 Å². The minimum Gasteiger partial charge on any atom is -0.383 e. The zero-order valence-corrected chi connectivity index (χ0v) is 10.4. The highest BCUT2D eigenvalue weighted by atomic mass is 16.1. The number of hydrogen-bond donors (Lipinski definition) is 1. The number of nitriles is 1. The van der Waals surface area contributed by atoms with Crippen molar-refractivity contribution in [2.24, 2.45) is 5.73 Å². The number of allylic oxidation sites excluding steroid dienone is 2. The zero-order chi connectivity index (χ0) is 13.5. The van der Waals surface area contributed by atoms with Gasteiger partial charge in [-0.25, -0.2) is 0 Å². The molecule has 0 saturated heterocycles. The minimum atomic E-state index is -0.722. The van der Waals surface area contributed by atoms with E-state index in [9.17, 15) is 4.79 Å². The lowest BCUT2D eigenvalue weighted by molar-refractivity contribution is -0.114. The first kappa shape index (κ1) is 13.5. The molecule has 0 unspecified atom stereocenters. The topological polar surface area (TPSA) is 70.1 Å². The molecule has 0 atom stereocenters. The molecule has 1 rings (SSSR count). The van der Waals surface area contributed by atoms with Gasteiger partial charge in [0.25, 0.3) is 5.91 Å². The summed E-state index contributed by atoms with van der Waals surface area (Å²) >= 11 is 0. The van der Waals surface area contributed by atoms with Crippen molar-refractivity contribution in [3.8, 4) is 6.07 Å². The molecule has 0 aliphatic heterocycles. The van der Waals surface area contributed by atoms with Crippen molar-refractivity contribution in [3.63, 3.8) is 0 Å². The van der Waals surface area contributed by atoms with Gasteiger partial charge in [0.05, 0.1) is 0 Å². The normalized spacial score (nSPS) is 11.8. The van der Waals surface area contributed by atoms with E-state index in [1.54, 1.807) is 12.3 Å². The summed E-state index contributed by atoms with van der Waals surface area (Å²) in [5.41, 5.74) is 6.49. The van der Waals surface area contributed by atoms with Gasteiger partial charge in [0.15, 0.2) is 0 Å². The molecule has 1 amide bonds. The molecule has 0 heterocycles. The number of hydrogen-bond acceptors (Lipinski definition) is 3. The molecule has 0 aromatic heterocycles. The largest absolute Gasteiger partial charge is 0.383 e. The first-order valence-corrected chi connectivity index (χ1v) is 5.40. The van der Waals surface area contributed by atoms with E-state index in [0.29, 0.717) is 5.57 Å². The van der Waals surface area contributed by atoms with E-state index < -0.39 is 5.91 Å². The number of nitrogens with zero attached hydrogens (tertiary/aromatic N) is 2. The summed E-state index contributed by atoms with van der Waals surface area (Å²) in [5, 5.41) is 9.04. The van der Waals surface area contributed by atoms with Crippen LogP contribution in [0.4, 0.5) is 0 Å². The fourth-order valence-electron chi connectivity index (χ4n) is 1.41. The molecule has 4 nitrogen and oxygen atoms in total. The third-order valence-electron chi connectivity index (χ3n) is 2.25. The molecule has 1 aromatic rings. The van der Waals surface area contributed by atoms with Crippen molar-refractivity contribution in [1.82, 2.24) is 4.90 Å². The van der Waals surface area contributed by atoms with Crippen LogP contribution in [0.1, 0.15) is 5.56 Å². The Morgan fingerprint density at radius 2 is 1.94 bits per heavy atom. The Hall–Kier alpha value is -2.54. The molecule has 1 aromatic carbocycles. The van der Waals surface area contributed by atoms with Crippen LogP contribution in [-0.4, -0.2) is 24.9 Å². The Morgan fingerprint density at radius 3 is 2.39 bits per heavy atom. The molecular formula is C14H15N3O. The number of carbonyl (C=O) groups is 1. The van der Waals surface area contributed by atoms with Crippen LogP contribution >= 0.6 is 0 Å². The smallest absolute Gasteiger partial charge is 0.259 e. The van der Waals surface area contributed by atoms with Gasteiger partial charge in [-0.3, -0.25) is 4.79 Å². The summed E-state index contributed by atoms with van der Waals surface area (Å²) < 4.78 is 0. The number of carbonyl (C=O) groups excluding carboxylic acids is 1. The summed E-state index contributed by atoms with van der Waals surface area (Å²) in [6.45, 7) is 0. The van der Waals surface area contributed by atoms with Gasteiger partial charge >= 0.3 is 0 Å². The van der Waals surface area contributed by atoms with Crippen LogP contribution in [0.5, 0.6) is 0 Å². The van der Waals surface area contributed by atoms with Crippen molar-refractivity contribution < 1.29 is 4.79 Å². The second kappa shape index (κ2) is 6.26. The molecule has 18 heavy (non-hydrogen) atoms. The van der Waals surface area contributed by atoms with Crippen molar-refractivity contribution in [2.45, 2.75) is 0 Å². The summed E-state index contributed by atoms with van der Waals surface area (Å²) in [5.74, 6) is -0.722. The summed E-state index contributed by atoms with van der Waals surface area (Å²) in [6, 6.07) is 11.1. The van der Waals surface area contributed by atoms with E-state index in [-0.39, 0.29) is 5.57 Å². The molecule has 4 heteroatoms. The third kappa shape index (κ3) is 3.49. The van der Waals surface area contributed by atoms with Crippen molar-refractivity contribution in [2.75, 3.05) is 14.1 Å². The lowest BCUT2D eigenvalue weighted by Crippen LogP contribution is -2.14. The van der Waals surface area contributed by atoms with Gasteiger partial charge < -0.3 is 10.6 Å². The Morgan fingerprint density at radius 1 is 1.33 bits per heavy atom. The highest BCUT2D eigenvalue weighted by molar-refractivity contribution is 6.05. The second-order valence-electron chi connectivity index (χ2n) is 3.91. The number of primary amides is 1. The summed E-state index contributed by atoms with van der Waals surface area (Å²) in [6.07, 6.45) is 3.47. The SMILES string of the molecule is CN(C)C=CC(=C(C#N)C(N)=O)c1ccccc1. The van der Waals surface area contributed by atoms with Crippen LogP contribution in [0, 0.1) is 11.3 Å². The predicted molar refractivity (Wildman–Crippen MR) is 71.0 cm³/mol. The Balaban J connectivity index is 3.37. The van der Waals surface area contributed by atoms with E-state index in [1.807, 2.05) is 55.4 Å². The van der Waals surface area contributed by atoms with Crippen LogP contribution in [0.3, 0.4) is 0 Å². The van der Waals surface area contributed by atoms with Gasteiger partial charge in [0, 0.05) is 19.7 Å². The molecular weight excluding hydrogens is 226 g/mol. The van der Waals surface area contributed by atoms with E-state index in [1.165, 1.54) is 0 Å². The fourth-order valence-corrected chi connectivity index (χ4v) is 1.41. The van der Waals surface area contributed by atoms with Gasteiger partial charge in [0.2, 0.25) is 0 Å². The predicted octanol–water partition coefficient (Wildman–Crippen LogP) is 1.52. The second-order valence-corrected chi connectivity index (χ2v) is 3.91. The Labute approximate surface area is 107 Å². The average Bonchev–Trinajstić information content (AvgIpc) is 2.34. The molecule has 0 fully saturated rings. The van der Waals surface area contributed by atoms with Gasteiger partial charge in [-0.15, -0.1) is 0 Å². The molecule has 92 valence electrons. The zero-order valence-electron chi connectivity index (χ0n) is 10.4. The lowest BCUT2D eigenvalue weighted by atomic mass is 10.00. The van der Waals surface area contributed by atoms with Gasteiger partial charge in [-0.05, 0) is 17.8 Å². The van der Waals surface area contributed by atoms with Gasteiger partial charge in [0.1, 0.15) is 11.6 Å². The Bertz CT molecular complexity index is 522. The number of amides is 1. The molecule has 0 aliphatic carbocycles. The van der Waals surface area contributed by atoms with Crippen molar-refractivity contribution >= 4 is 11.5 Å².